The maximum Gasteiger partial charge on any atom is 0.310 e. The zero-order valence-electron chi connectivity index (χ0n) is 10.2. The zero-order valence-corrected chi connectivity index (χ0v) is 11.8. The molecular weight excluding hydrogens is 292 g/mol. The number of sulfone groups is 1. The topological polar surface area (TPSA) is 80.5 Å². The summed E-state index contributed by atoms with van der Waals surface area (Å²) < 4.78 is 23.1. The van der Waals surface area contributed by atoms with Gasteiger partial charge in [-0.3, -0.25) is 10.1 Å². The first-order chi connectivity index (χ1) is 8.82. The van der Waals surface area contributed by atoms with Gasteiger partial charge in [0.15, 0.2) is 9.84 Å². The fraction of sp³-hybridized carbons (Fsp3) is 0.455. The number of rotatable bonds is 2. The number of nitrogens with zero attached hydrogens (tertiary/aromatic N) is 2. The summed E-state index contributed by atoms with van der Waals surface area (Å²) in [7, 11) is -3.06. The van der Waals surface area contributed by atoms with Gasteiger partial charge in [0.2, 0.25) is 0 Å². The number of hydrogen-bond donors (Lipinski definition) is 0. The number of anilines is 1. The number of nitro benzene ring substituents is 1. The van der Waals surface area contributed by atoms with Crippen LogP contribution >= 0.6 is 11.6 Å². The SMILES string of the molecule is CC1CS(=O)(=O)CCN1c1cccc(Cl)c1[N+](=O)[O-]. The average molecular weight is 305 g/mol. The molecule has 0 aromatic heterocycles. The van der Waals surface area contributed by atoms with Crippen molar-refractivity contribution < 1.29 is 13.3 Å². The third-order valence-corrected chi connectivity index (χ3v) is 5.23. The van der Waals surface area contributed by atoms with Crippen LogP contribution < -0.4 is 4.90 Å². The van der Waals surface area contributed by atoms with E-state index < -0.39 is 14.8 Å². The molecule has 104 valence electrons. The molecule has 0 N–H and O–H groups in total. The molecule has 1 aliphatic rings. The lowest BCUT2D eigenvalue weighted by atomic mass is 10.2. The van der Waals surface area contributed by atoms with Crippen LogP contribution in [0.1, 0.15) is 6.92 Å². The molecule has 0 bridgehead atoms. The second-order valence-corrected chi connectivity index (χ2v) is 7.16. The van der Waals surface area contributed by atoms with Gasteiger partial charge in [0.1, 0.15) is 10.7 Å². The van der Waals surface area contributed by atoms with Crippen molar-refractivity contribution in [2.75, 3.05) is 23.0 Å². The summed E-state index contributed by atoms with van der Waals surface area (Å²) >= 11 is 5.86. The molecule has 1 aliphatic heterocycles. The predicted octanol–water partition coefficient (Wildman–Crippen LogP) is 1.87. The molecule has 1 unspecified atom stereocenters. The van der Waals surface area contributed by atoms with Crippen molar-refractivity contribution in [2.45, 2.75) is 13.0 Å². The molecule has 0 spiro atoms. The average Bonchev–Trinajstić information content (AvgIpc) is 2.26. The summed E-state index contributed by atoms with van der Waals surface area (Å²) in [5.41, 5.74) is 0.204. The number of nitro groups is 1. The largest absolute Gasteiger partial charge is 0.361 e. The van der Waals surface area contributed by atoms with Gasteiger partial charge in [-0.05, 0) is 19.1 Å². The fourth-order valence-corrected chi connectivity index (χ4v) is 4.07. The molecule has 8 heteroatoms. The second-order valence-electron chi connectivity index (χ2n) is 4.52. The van der Waals surface area contributed by atoms with Crippen LogP contribution in [0, 0.1) is 10.1 Å². The Morgan fingerprint density at radius 2 is 2.16 bits per heavy atom. The highest BCUT2D eigenvalue weighted by molar-refractivity contribution is 7.91. The Morgan fingerprint density at radius 1 is 1.47 bits per heavy atom. The van der Waals surface area contributed by atoms with Crippen LogP contribution in [-0.2, 0) is 9.84 Å². The molecule has 1 saturated heterocycles. The van der Waals surface area contributed by atoms with Crippen LogP contribution in [0.3, 0.4) is 0 Å². The maximum absolute atomic E-state index is 11.5. The molecule has 0 aliphatic carbocycles. The van der Waals surface area contributed by atoms with Crippen LogP contribution in [0.2, 0.25) is 5.02 Å². The third-order valence-electron chi connectivity index (χ3n) is 3.13. The Bertz CT molecular complexity index is 617. The Morgan fingerprint density at radius 3 is 2.74 bits per heavy atom. The lowest BCUT2D eigenvalue weighted by molar-refractivity contribution is -0.384. The minimum Gasteiger partial charge on any atom is -0.361 e. The first-order valence-corrected chi connectivity index (χ1v) is 7.92. The van der Waals surface area contributed by atoms with E-state index in [0.717, 1.165) is 0 Å². The lowest BCUT2D eigenvalue weighted by Crippen LogP contribution is -2.47. The van der Waals surface area contributed by atoms with E-state index in [1.54, 1.807) is 24.0 Å². The molecule has 6 nitrogen and oxygen atoms in total. The third kappa shape index (κ3) is 2.82. The molecule has 1 atom stereocenters. The summed E-state index contributed by atoms with van der Waals surface area (Å²) in [5, 5.41) is 11.2. The molecule has 2 rings (SSSR count). The number of hydrogen-bond acceptors (Lipinski definition) is 5. The van der Waals surface area contributed by atoms with E-state index in [1.165, 1.54) is 6.07 Å². The minimum atomic E-state index is -3.06. The van der Waals surface area contributed by atoms with E-state index in [9.17, 15) is 18.5 Å². The van der Waals surface area contributed by atoms with Gasteiger partial charge in [0, 0.05) is 12.6 Å². The van der Waals surface area contributed by atoms with E-state index in [1.807, 2.05) is 0 Å². The van der Waals surface area contributed by atoms with Gasteiger partial charge in [-0.2, -0.15) is 0 Å². The fourth-order valence-electron chi connectivity index (χ4n) is 2.27. The highest BCUT2D eigenvalue weighted by atomic mass is 35.5. The van der Waals surface area contributed by atoms with E-state index in [4.69, 9.17) is 11.6 Å². The van der Waals surface area contributed by atoms with E-state index >= 15 is 0 Å². The van der Waals surface area contributed by atoms with Crippen molar-refractivity contribution >= 4 is 32.8 Å². The Labute approximate surface area is 116 Å². The number of halogens is 1. The van der Waals surface area contributed by atoms with Crippen molar-refractivity contribution in [3.8, 4) is 0 Å². The van der Waals surface area contributed by atoms with Gasteiger partial charge in [-0.25, -0.2) is 8.42 Å². The molecule has 0 saturated carbocycles. The molecule has 19 heavy (non-hydrogen) atoms. The molecule has 0 radical (unpaired) electrons. The summed E-state index contributed by atoms with van der Waals surface area (Å²) in [6.45, 7) is 1.98. The summed E-state index contributed by atoms with van der Waals surface area (Å²) in [5.74, 6) is -0.00231. The monoisotopic (exact) mass is 304 g/mol. The Balaban J connectivity index is 2.43. The quantitative estimate of drug-likeness (QED) is 0.615. The number of benzene rings is 1. The zero-order chi connectivity index (χ0) is 14.2. The molecule has 1 aromatic rings. The van der Waals surface area contributed by atoms with Gasteiger partial charge in [-0.1, -0.05) is 17.7 Å². The predicted molar refractivity (Wildman–Crippen MR) is 73.6 cm³/mol. The van der Waals surface area contributed by atoms with Gasteiger partial charge < -0.3 is 4.90 Å². The summed E-state index contributed by atoms with van der Waals surface area (Å²) in [6.07, 6.45) is 0. The highest BCUT2D eigenvalue weighted by Gasteiger charge is 2.32. The second kappa shape index (κ2) is 4.97. The maximum atomic E-state index is 11.5. The summed E-state index contributed by atoms with van der Waals surface area (Å²) in [4.78, 5) is 12.3. The van der Waals surface area contributed by atoms with Crippen molar-refractivity contribution in [2.24, 2.45) is 0 Å². The van der Waals surface area contributed by atoms with Crippen LogP contribution in [0.4, 0.5) is 11.4 Å². The molecule has 0 amide bonds. The van der Waals surface area contributed by atoms with Gasteiger partial charge >= 0.3 is 5.69 Å². The lowest BCUT2D eigenvalue weighted by Gasteiger charge is -2.34. The smallest absolute Gasteiger partial charge is 0.310 e. The molecule has 1 heterocycles. The van der Waals surface area contributed by atoms with E-state index in [0.29, 0.717) is 5.69 Å². The first kappa shape index (κ1) is 14.1. The normalized spacial score (nSPS) is 22.2. The first-order valence-electron chi connectivity index (χ1n) is 5.72. The standard InChI is InChI=1S/C11H13ClN2O4S/c1-8-7-19(17,18)6-5-13(8)10-4-2-3-9(12)11(10)14(15)16/h2-4,8H,5-7H2,1H3. The van der Waals surface area contributed by atoms with Crippen LogP contribution in [0.25, 0.3) is 0 Å². The van der Waals surface area contributed by atoms with E-state index in [2.05, 4.69) is 0 Å². The van der Waals surface area contributed by atoms with Crippen LogP contribution in [0.15, 0.2) is 18.2 Å². The Hall–Kier alpha value is -1.34. The Kier molecular flexibility index (Phi) is 3.69. The summed E-state index contributed by atoms with van der Waals surface area (Å²) in [6, 6.07) is 4.36. The van der Waals surface area contributed by atoms with Gasteiger partial charge in [0.25, 0.3) is 0 Å². The molecule has 1 fully saturated rings. The van der Waals surface area contributed by atoms with Crippen molar-refractivity contribution in [3.05, 3.63) is 33.3 Å². The van der Waals surface area contributed by atoms with Crippen LogP contribution in [-0.4, -0.2) is 37.4 Å². The van der Waals surface area contributed by atoms with Crippen LogP contribution in [0.5, 0.6) is 0 Å². The molecular formula is C11H13ClN2O4S. The van der Waals surface area contributed by atoms with Gasteiger partial charge in [-0.15, -0.1) is 0 Å². The highest BCUT2D eigenvalue weighted by Crippen LogP contribution is 2.36. The van der Waals surface area contributed by atoms with Crippen molar-refractivity contribution in [1.82, 2.24) is 0 Å². The van der Waals surface area contributed by atoms with Crippen molar-refractivity contribution in [3.63, 3.8) is 0 Å². The van der Waals surface area contributed by atoms with Gasteiger partial charge in [0.05, 0.1) is 16.4 Å². The minimum absolute atomic E-state index is 0.001000. The van der Waals surface area contributed by atoms with E-state index in [-0.39, 0.29) is 34.8 Å². The van der Waals surface area contributed by atoms with Crippen molar-refractivity contribution in [1.29, 1.82) is 0 Å². The number of para-hydroxylation sites is 1. The molecule has 1 aromatic carbocycles.